The maximum atomic E-state index is 10.7. The van der Waals surface area contributed by atoms with Crippen molar-refractivity contribution in [3.05, 3.63) is 12.5 Å². The Morgan fingerprint density at radius 1 is 1.16 bits per heavy atom. The Balaban J connectivity index is 0. The summed E-state index contributed by atoms with van der Waals surface area (Å²) < 4.78 is 25.7. The minimum absolute atomic E-state index is 0.145. The van der Waals surface area contributed by atoms with Gasteiger partial charge in [-0.3, -0.25) is 13.9 Å². The van der Waals surface area contributed by atoms with Crippen LogP contribution in [0, 0.1) is 0 Å². The summed E-state index contributed by atoms with van der Waals surface area (Å²) in [6, 6.07) is 0. The molecule has 0 saturated carbocycles. The van der Waals surface area contributed by atoms with E-state index in [9.17, 15) is 13.9 Å². The van der Waals surface area contributed by atoms with E-state index in [1.54, 1.807) is 0 Å². The quantitative estimate of drug-likeness (QED) is 0.436. The molecule has 0 saturated heterocycles. The second-order valence-corrected chi connectivity index (χ2v) is 9.45. The summed E-state index contributed by atoms with van der Waals surface area (Å²) in [7, 11) is -9.54. The summed E-state index contributed by atoms with van der Waals surface area (Å²) >= 11 is 0. The lowest BCUT2D eigenvalue weighted by Gasteiger charge is -2.29. The molecule has 0 unspecified atom stereocenters. The van der Waals surface area contributed by atoms with E-state index in [-0.39, 0.29) is 12.3 Å². The van der Waals surface area contributed by atoms with Crippen molar-refractivity contribution in [2.24, 2.45) is 0 Å². The fourth-order valence-electron chi connectivity index (χ4n) is 1.11. The van der Waals surface area contributed by atoms with E-state index in [1.807, 2.05) is 13.8 Å². The summed E-state index contributed by atoms with van der Waals surface area (Å²) in [5, 5.41) is 9.15. The van der Waals surface area contributed by atoms with Crippen LogP contribution in [0.2, 0.25) is 0 Å². The van der Waals surface area contributed by atoms with Gasteiger partial charge in [-0.1, -0.05) is 20.8 Å². The number of aromatic nitrogens is 2. The molecule has 13 heteroatoms. The second-order valence-electron chi connectivity index (χ2n) is 4.95. The van der Waals surface area contributed by atoms with Gasteiger partial charge in [0.1, 0.15) is 6.26 Å². The van der Waals surface area contributed by atoms with E-state index in [2.05, 4.69) is 20.2 Å². The molecule has 0 atom stereocenters. The zero-order valence-electron chi connectivity index (χ0n) is 14.7. The monoisotopic (exact) mass is 403 g/mol. The SMILES string of the molecule is CCC(C)(P(=O)(O)O)P(=O)(O)O.CCCNC(=O)CC.c1conn1. The van der Waals surface area contributed by atoms with Crippen LogP contribution in [0.4, 0.5) is 0 Å². The van der Waals surface area contributed by atoms with Gasteiger partial charge in [-0.25, -0.2) is 0 Å². The summed E-state index contributed by atoms with van der Waals surface area (Å²) in [6.45, 7) is 6.90. The van der Waals surface area contributed by atoms with Gasteiger partial charge in [0.25, 0.3) is 0 Å². The van der Waals surface area contributed by atoms with Crippen molar-refractivity contribution in [1.82, 2.24) is 15.7 Å². The molecule has 1 rings (SSSR count). The van der Waals surface area contributed by atoms with Crippen LogP contribution in [0.25, 0.3) is 0 Å². The number of amides is 1. The largest absolute Gasteiger partial charge is 0.356 e. The number of hydrogen-bond donors (Lipinski definition) is 5. The van der Waals surface area contributed by atoms with Gasteiger partial charge in [0.15, 0.2) is 4.90 Å². The molecule has 1 aromatic rings. The van der Waals surface area contributed by atoms with Crippen LogP contribution in [0.1, 0.15) is 47.0 Å². The zero-order chi connectivity index (χ0) is 20.1. The Kier molecular flexibility index (Phi) is 12.9. The molecule has 0 aliphatic heterocycles. The Bertz CT molecular complexity index is 515. The highest BCUT2D eigenvalue weighted by Gasteiger charge is 2.54. The Morgan fingerprint density at radius 2 is 1.68 bits per heavy atom. The lowest BCUT2D eigenvalue weighted by molar-refractivity contribution is -0.120. The van der Waals surface area contributed by atoms with Gasteiger partial charge in [-0.15, -0.1) is 5.10 Å². The molecule has 1 heterocycles. The molecule has 11 nitrogen and oxygen atoms in total. The van der Waals surface area contributed by atoms with Crippen molar-refractivity contribution in [1.29, 1.82) is 0 Å². The van der Waals surface area contributed by atoms with Gasteiger partial charge in [-0.05, 0) is 19.8 Å². The summed E-state index contributed by atoms with van der Waals surface area (Å²) in [4.78, 5) is 43.0. The average molecular weight is 403 g/mol. The molecule has 0 aromatic carbocycles. The minimum atomic E-state index is -4.77. The van der Waals surface area contributed by atoms with Crippen LogP contribution in [-0.2, 0) is 13.9 Å². The van der Waals surface area contributed by atoms with E-state index in [0.29, 0.717) is 6.42 Å². The Morgan fingerprint density at radius 3 is 1.84 bits per heavy atom. The van der Waals surface area contributed by atoms with Crippen molar-refractivity contribution in [3.8, 4) is 0 Å². The molecule has 5 N–H and O–H groups in total. The molecule has 1 aromatic heterocycles. The van der Waals surface area contributed by atoms with Gasteiger partial charge < -0.3 is 29.4 Å². The first-order valence-electron chi connectivity index (χ1n) is 7.46. The fraction of sp³-hybridized carbons (Fsp3) is 0.750. The van der Waals surface area contributed by atoms with Crippen molar-refractivity contribution >= 4 is 21.1 Å². The molecule has 0 spiro atoms. The number of hydrogen-bond acceptors (Lipinski definition) is 6. The molecule has 25 heavy (non-hydrogen) atoms. The predicted molar refractivity (Wildman–Crippen MR) is 90.7 cm³/mol. The van der Waals surface area contributed by atoms with E-state index < -0.39 is 20.1 Å². The molecular formula is C12H27N3O8P2. The smallest absolute Gasteiger partial charge is 0.343 e. The number of carbonyl (C=O) groups excluding carboxylic acids is 1. The Hall–Kier alpha value is -1.09. The van der Waals surface area contributed by atoms with Crippen LogP contribution in [0.5, 0.6) is 0 Å². The highest BCUT2D eigenvalue weighted by Crippen LogP contribution is 2.70. The van der Waals surface area contributed by atoms with Gasteiger partial charge in [0.05, 0.1) is 6.20 Å². The maximum absolute atomic E-state index is 10.7. The maximum Gasteiger partial charge on any atom is 0.343 e. The first-order valence-corrected chi connectivity index (χ1v) is 10.7. The molecular weight excluding hydrogens is 376 g/mol. The van der Waals surface area contributed by atoms with Crippen LogP contribution in [0.3, 0.4) is 0 Å². The van der Waals surface area contributed by atoms with Gasteiger partial charge in [0.2, 0.25) is 5.91 Å². The van der Waals surface area contributed by atoms with Crippen molar-refractivity contribution in [3.63, 3.8) is 0 Å². The molecule has 0 radical (unpaired) electrons. The van der Waals surface area contributed by atoms with E-state index in [1.165, 1.54) is 19.4 Å². The molecule has 1 amide bonds. The zero-order valence-corrected chi connectivity index (χ0v) is 16.5. The number of nitrogens with zero attached hydrogens (tertiary/aromatic N) is 2. The summed E-state index contributed by atoms with van der Waals surface area (Å²) in [5.74, 6) is 0.145. The summed E-state index contributed by atoms with van der Waals surface area (Å²) in [6.07, 6.45) is 4.22. The molecule has 0 aliphatic rings. The topological polar surface area (TPSA) is 183 Å². The molecule has 0 bridgehead atoms. The standard InChI is InChI=1S/C6H13NO.C4H12O6P2.C2H2N2O/c1-3-5-7-6(8)4-2;1-3-4(2,11(5,6)7)12(8,9)10;1-2-5-4-3-1/h3-5H2,1-2H3,(H,7,8);3H2,1-2H3,(H2,5,6,7)(H2,8,9,10);1-2H. The van der Waals surface area contributed by atoms with Crippen LogP contribution >= 0.6 is 15.2 Å². The van der Waals surface area contributed by atoms with E-state index >= 15 is 0 Å². The lowest BCUT2D eigenvalue weighted by Crippen LogP contribution is -2.23. The van der Waals surface area contributed by atoms with E-state index in [4.69, 9.17) is 19.6 Å². The van der Waals surface area contributed by atoms with Gasteiger partial charge in [0, 0.05) is 18.2 Å². The van der Waals surface area contributed by atoms with Crippen LogP contribution in [-0.4, -0.2) is 47.3 Å². The normalized spacial score (nSPS) is 11.5. The van der Waals surface area contributed by atoms with Crippen molar-refractivity contribution in [2.75, 3.05) is 6.54 Å². The number of rotatable bonds is 6. The third kappa shape index (κ3) is 10.5. The molecule has 0 aliphatic carbocycles. The minimum Gasteiger partial charge on any atom is -0.356 e. The average Bonchev–Trinajstić information content (AvgIpc) is 3.09. The number of nitrogens with one attached hydrogen (secondary N) is 1. The Labute approximate surface area is 146 Å². The van der Waals surface area contributed by atoms with Crippen molar-refractivity contribution in [2.45, 2.75) is 51.9 Å². The lowest BCUT2D eigenvalue weighted by atomic mass is 10.4. The third-order valence-corrected chi connectivity index (χ3v) is 7.81. The van der Waals surface area contributed by atoms with E-state index in [0.717, 1.165) is 19.9 Å². The summed E-state index contributed by atoms with van der Waals surface area (Å²) in [5.41, 5.74) is 0. The van der Waals surface area contributed by atoms with Gasteiger partial charge in [-0.2, -0.15) is 0 Å². The third-order valence-electron chi connectivity index (χ3n) is 3.10. The second kappa shape index (κ2) is 12.3. The number of carbonyl (C=O) groups is 1. The van der Waals surface area contributed by atoms with Gasteiger partial charge >= 0.3 is 15.2 Å². The fourth-order valence-corrected chi connectivity index (χ4v) is 3.29. The first kappa shape index (κ1) is 26.1. The van der Waals surface area contributed by atoms with Crippen molar-refractivity contribution < 1.29 is 38.0 Å². The highest BCUT2D eigenvalue weighted by atomic mass is 31.2. The predicted octanol–water partition coefficient (Wildman–Crippen LogP) is 1.46. The van der Waals surface area contributed by atoms with Crippen LogP contribution < -0.4 is 5.32 Å². The molecule has 0 fully saturated rings. The molecule has 148 valence electrons. The van der Waals surface area contributed by atoms with Crippen LogP contribution in [0.15, 0.2) is 17.0 Å². The first-order chi connectivity index (χ1) is 11.4. The highest BCUT2D eigenvalue weighted by molar-refractivity contribution is 7.72.